The molecule has 106 valence electrons. The molecule has 1 aromatic carbocycles. The van der Waals surface area contributed by atoms with E-state index in [9.17, 15) is 9.59 Å². The summed E-state index contributed by atoms with van der Waals surface area (Å²) in [5, 5.41) is 0. The first-order valence-electron chi connectivity index (χ1n) is 6.72. The molecular formula is C15H16BrNO3. The zero-order valence-electron chi connectivity index (χ0n) is 11.3. The van der Waals surface area contributed by atoms with E-state index in [2.05, 4.69) is 26.7 Å². The van der Waals surface area contributed by atoms with Crippen LogP contribution in [-0.2, 0) is 14.9 Å². The number of amides is 1. The third-order valence-electron chi connectivity index (χ3n) is 4.42. The van der Waals surface area contributed by atoms with Crippen molar-refractivity contribution in [1.29, 1.82) is 0 Å². The molecule has 3 rings (SSSR count). The molecule has 0 unspecified atom stereocenters. The van der Waals surface area contributed by atoms with Crippen LogP contribution in [0.4, 0.5) is 0 Å². The summed E-state index contributed by atoms with van der Waals surface area (Å²) in [6.07, 6.45) is 3.31. The first-order chi connectivity index (χ1) is 9.55. The van der Waals surface area contributed by atoms with Gasteiger partial charge in [-0.2, -0.15) is 0 Å². The van der Waals surface area contributed by atoms with Crippen molar-refractivity contribution in [2.75, 3.05) is 20.2 Å². The molecule has 1 saturated carbocycles. The lowest BCUT2D eigenvalue weighted by atomic mass is 9.61. The second kappa shape index (κ2) is 4.88. The highest BCUT2D eigenvalue weighted by Crippen LogP contribution is 2.48. The molecule has 4 nitrogen and oxygen atoms in total. The SMILES string of the molecule is COC(=O)CN1CC2(CCC2)c2cc(Br)ccc2C1=O. The number of ether oxygens (including phenoxy) is 1. The fraction of sp³-hybridized carbons (Fsp3) is 0.467. The second-order valence-corrected chi connectivity index (χ2v) is 6.48. The minimum absolute atomic E-state index is 0.0288. The molecule has 1 aromatic rings. The van der Waals surface area contributed by atoms with Crippen molar-refractivity contribution in [3.05, 3.63) is 33.8 Å². The van der Waals surface area contributed by atoms with Gasteiger partial charge in [-0.15, -0.1) is 0 Å². The molecule has 1 amide bonds. The number of fused-ring (bicyclic) bond motifs is 2. The smallest absolute Gasteiger partial charge is 0.325 e. The van der Waals surface area contributed by atoms with Crippen LogP contribution in [0.1, 0.15) is 35.2 Å². The number of hydrogen-bond donors (Lipinski definition) is 0. The highest BCUT2D eigenvalue weighted by Gasteiger charge is 2.47. The number of rotatable bonds is 2. The summed E-state index contributed by atoms with van der Waals surface area (Å²) in [7, 11) is 1.35. The molecule has 0 saturated heterocycles. The summed E-state index contributed by atoms with van der Waals surface area (Å²) in [6.45, 7) is 0.650. The lowest BCUT2D eigenvalue weighted by Crippen LogP contribution is -2.54. The summed E-state index contributed by atoms with van der Waals surface area (Å²) >= 11 is 3.48. The number of nitrogens with zero attached hydrogens (tertiary/aromatic N) is 1. The van der Waals surface area contributed by atoms with E-state index in [-0.39, 0.29) is 23.8 Å². The Morgan fingerprint density at radius 3 is 2.80 bits per heavy atom. The number of halogens is 1. The molecule has 0 aromatic heterocycles. The molecule has 2 aliphatic rings. The number of benzene rings is 1. The van der Waals surface area contributed by atoms with Gasteiger partial charge in [-0.25, -0.2) is 0 Å². The van der Waals surface area contributed by atoms with Crippen LogP contribution in [0.3, 0.4) is 0 Å². The highest BCUT2D eigenvalue weighted by molar-refractivity contribution is 9.10. The Morgan fingerprint density at radius 1 is 1.45 bits per heavy atom. The van der Waals surface area contributed by atoms with Gasteiger partial charge >= 0.3 is 5.97 Å². The predicted molar refractivity (Wildman–Crippen MR) is 77.6 cm³/mol. The van der Waals surface area contributed by atoms with Crippen molar-refractivity contribution in [2.24, 2.45) is 0 Å². The average Bonchev–Trinajstić information content (AvgIpc) is 2.39. The van der Waals surface area contributed by atoms with Crippen LogP contribution in [0.5, 0.6) is 0 Å². The van der Waals surface area contributed by atoms with Gasteiger partial charge in [0.1, 0.15) is 6.54 Å². The molecule has 1 fully saturated rings. The summed E-state index contributed by atoms with van der Waals surface area (Å²) < 4.78 is 5.68. The molecule has 20 heavy (non-hydrogen) atoms. The van der Waals surface area contributed by atoms with Crippen molar-refractivity contribution in [1.82, 2.24) is 4.90 Å². The van der Waals surface area contributed by atoms with E-state index < -0.39 is 0 Å². The fourth-order valence-electron chi connectivity index (χ4n) is 3.21. The van der Waals surface area contributed by atoms with Crippen molar-refractivity contribution in [3.8, 4) is 0 Å². The van der Waals surface area contributed by atoms with Crippen LogP contribution < -0.4 is 0 Å². The van der Waals surface area contributed by atoms with E-state index in [1.807, 2.05) is 12.1 Å². The van der Waals surface area contributed by atoms with Crippen molar-refractivity contribution < 1.29 is 14.3 Å². The quantitative estimate of drug-likeness (QED) is 0.779. The number of carbonyl (C=O) groups is 2. The number of hydrogen-bond acceptors (Lipinski definition) is 3. The summed E-state index contributed by atoms with van der Waals surface area (Å²) in [5.41, 5.74) is 1.88. The minimum Gasteiger partial charge on any atom is -0.468 e. The summed E-state index contributed by atoms with van der Waals surface area (Å²) in [4.78, 5) is 25.6. The molecule has 0 bridgehead atoms. The molecule has 5 heteroatoms. The Bertz CT molecular complexity index is 580. The summed E-state index contributed by atoms with van der Waals surface area (Å²) in [6, 6.07) is 5.79. The molecule has 0 N–H and O–H groups in total. The van der Waals surface area contributed by atoms with Gasteiger partial charge in [0.25, 0.3) is 5.91 Å². The lowest BCUT2D eigenvalue weighted by molar-refractivity contribution is -0.141. The van der Waals surface area contributed by atoms with Gasteiger partial charge in [-0.3, -0.25) is 9.59 Å². The maximum absolute atomic E-state index is 12.5. The van der Waals surface area contributed by atoms with Crippen molar-refractivity contribution in [3.63, 3.8) is 0 Å². The van der Waals surface area contributed by atoms with Gasteiger partial charge in [-0.05, 0) is 36.6 Å². The number of carbonyl (C=O) groups excluding carboxylic acids is 2. The third-order valence-corrected chi connectivity index (χ3v) is 4.92. The van der Waals surface area contributed by atoms with Crippen LogP contribution in [0, 0.1) is 0 Å². The van der Waals surface area contributed by atoms with Crippen LogP contribution in [0.25, 0.3) is 0 Å². The Balaban J connectivity index is 2.00. The third kappa shape index (κ3) is 2.04. The van der Waals surface area contributed by atoms with Crippen LogP contribution in [0.15, 0.2) is 22.7 Å². The van der Waals surface area contributed by atoms with Gasteiger partial charge < -0.3 is 9.64 Å². The fourth-order valence-corrected chi connectivity index (χ4v) is 3.57. The topological polar surface area (TPSA) is 46.6 Å². The number of methoxy groups -OCH3 is 1. The van der Waals surface area contributed by atoms with E-state index in [0.717, 1.165) is 28.4 Å². The normalized spacial score (nSPS) is 19.5. The molecule has 1 heterocycles. The minimum atomic E-state index is -0.367. The van der Waals surface area contributed by atoms with E-state index >= 15 is 0 Å². The molecule has 1 aliphatic heterocycles. The standard InChI is InChI=1S/C15H16BrNO3/c1-20-13(18)8-17-9-15(5-2-6-15)12-7-10(16)3-4-11(12)14(17)19/h3-4,7H,2,5-6,8-9H2,1H3. The average molecular weight is 338 g/mol. The van der Waals surface area contributed by atoms with Gasteiger partial charge in [-0.1, -0.05) is 22.4 Å². The maximum Gasteiger partial charge on any atom is 0.325 e. The highest BCUT2D eigenvalue weighted by atomic mass is 79.9. The number of esters is 1. The maximum atomic E-state index is 12.5. The van der Waals surface area contributed by atoms with Crippen molar-refractivity contribution >= 4 is 27.8 Å². The Hall–Kier alpha value is -1.36. The zero-order valence-corrected chi connectivity index (χ0v) is 12.9. The van der Waals surface area contributed by atoms with Crippen molar-refractivity contribution in [2.45, 2.75) is 24.7 Å². The van der Waals surface area contributed by atoms with Crippen LogP contribution >= 0.6 is 15.9 Å². The van der Waals surface area contributed by atoms with E-state index in [1.165, 1.54) is 13.5 Å². The van der Waals surface area contributed by atoms with E-state index in [4.69, 9.17) is 0 Å². The molecule has 1 aliphatic carbocycles. The first-order valence-corrected chi connectivity index (χ1v) is 7.51. The Labute approximate surface area is 126 Å². The first kappa shape index (κ1) is 13.6. The lowest BCUT2D eigenvalue weighted by Gasteiger charge is -2.49. The van der Waals surface area contributed by atoms with Gasteiger partial charge in [0.15, 0.2) is 0 Å². The predicted octanol–water partition coefficient (Wildman–Crippen LogP) is 2.50. The van der Waals surface area contributed by atoms with Crippen LogP contribution in [-0.4, -0.2) is 37.0 Å². The van der Waals surface area contributed by atoms with Gasteiger partial charge in [0, 0.05) is 22.0 Å². The van der Waals surface area contributed by atoms with E-state index in [1.54, 1.807) is 4.90 Å². The van der Waals surface area contributed by atoms with Gasteiger partial charge in [0.05, 0.1) is 7.11 Å². The van der Waals surface area contributed by atoms with E-state index in [0.29, 0.717) is 6.54 Å². The second-order valence-electron chi connectivity index (χ2n) is 5.56. The molecule has 1 spiro atoms. The monoisotopic (exact) mass is 337 g/mol. The summed E-state index contributed by atoms with van der Waals surface area (Å²) in [5.74, 6) is -0.441. The molecule has 0 atom stereocenters. The zero-order chi connectivity index (χ0) is 14.3. The van der Waals surface area contributed by atoms with Crippen LogP contribution in [0.2, 0.25) is 0 Å². The molecular weight excluding hydrogens is 322 g/mol. The Kier molecular flexibility index (Phi) is 3.32. The van der Waals surface area contributed by atoms with Gasteiger partial charge in [0.2, 0.25) is 0 Å². The molecule has 0 radical (unpaired) electrons. The Morgan fingerprint density at radius 2 is 2.20 bits per heavy atom. The largest absolute Gasteiger partial charge is 0.468 e.